The summed E-state index contributed by atoms with van der Waals surface area (Å²) in [7, 11) is 0. The molecule has 0 radical (unpaired) electrons. The molecular formula is C14H22N2O. The highest BCUT2D eigenvalue weighted by Gasteiger charge is 2.44. The Morgan fingerprint density at radius 1 is 1.47 bits per heavy atom. The predicted molar refractivity (Wildman–Crippen MR) is 67.6 cm³/mol. The normalized spacial score (nSPS) is 40.9. The summed E-state index contributed by atoms with van der Waals surface area (Å²) >= 11 is 0. The number of nitrogens with zero attached hydrogens (tertiary/aromatic N) is 1. The minimum Gasteiger partial charge on any atom is -0.339 e. The lowest BCUT2D eigenvalue weighted by atomic mass is 9.73. The van der Waals surface area contributed by atoms with E-state index < -0.39 is 0 Å². The van der Waals surface area contributed by atoms with Crippen LogP contribution in [0.5, 0.6) is 0 Å². The fraction of sp³-hybridized carbons (Fsp3) is 0.786. The SMILES string of the molecule is C=CC[C@@H]1NC[C@H]2C[C@@H]1CN1C(=O)CCC[C@@H]21. The summed E-state index contributed by atoms with van der Waals surface area (Å²) in [6.45, 7) is 5.90. The van der Waals surface area contributed by atoms with Gasteiger partial charge in [-0.15, -0.1) is 6.58 Å². The standard InChI is InChI=1S/C14H22N2O/c1-2-4-12-11-7-10(8-15-12)13-5-3-6-14(17)16(13)9-11/h2,10-13,15H,1,3-9H2/t10-,11-,12+,13+/m1/s1. The van der Waals surface area contributed by atoms with Gasteiger partial charge in [0.05, 0.1) is 0 Å². The molecule has 0 aromatic rings. The van der Waals surface area contributed by atoms with Gasteiger partial charge in [0.25, 0.3) is 0 Å². The molecule has 3 rings (SSSR count). The second-order valence-electron chi connectivity index (χ2n) is 5.80. The second-order valence-corrected chi connectivity index (χ2v) is 5.80. The van der Waals surface area contributed by atoms with Crippen molar-refractivity contribution in [2.45, 2.75) is 44.2 Å². The molecule has 3 saturated heterocycles. The van der Waals surface area contributed by atoms with Crippen molar-refractivity contribution in [2.24, 2.45) is 11.8 Å². The molecule has 3 aliphatic heterocycles. The summed E-state index contributed by atoms with van der Waals surface area (Å²) in [5.74, 6) is 1.74. The van der Waals surface area contributed by atoms with E-state index in [1.807, 2.05) is 6.08 Å². The third-order valence-corrected chi connectivity index (χ3v) is 4.82. The minimum atomic E-state index is 0.398. The summed E-state index contributed by atoms with van der Waals surface area (Å²) in [6.07, 6.45) is 7.43. The van der Waals surface area contributed by atoms with Crippen LogP contribution in [0.3, 0.4) is 0 Å². The number of hydrogen-bond acceptors (Lipinski definition) is 2. The molecule has 1 amide bonds. The number of hydrogen-bond donors (Lipinski definition) is 1. The maximum absolute atomic E-state index is 12.0. The minimum absolute atomic E-state index is 0.398. The van der Waals surface area contributed by atoms with Gasteiger partial charge in [-0.3, -0.25) is 4.79 Å². The first-order chi connectivity index (χ1) is 8.29. The summed E-state index contributed by atoms with van der Waals surface area (Å²) in [5, 5.41) is 3.66. The van der Waals surface area contributed by atoms with E-state index in [1.54, 1.807) is 0 Å². The lowest BCUT2D eigenvalue weighted by molar-refractivity contribution is -0.143. The van der Waals surface area contributed by atoms with Crippen molar-refractivity contribution in [3.05, 3.63) is 12.7 Å². The van der Waals surface area contributed by atoms with Crippen molar-refractivity contribution in [1.82, 2.24) is 10.2 Å². The lowest BCUT2D eigenvalue weighted by Crippen LogP contribution is -2.62. The van der Waals surface area contributed by atoms with Crippen LogP contribution in [0.1, 0.15) is 32.1 Å². The van der Waals surface area contributed by atoms with E-state index in [4.69, 9.17) is 0 Å². The van der Waals surface area contributed by atoms with E-state index in [0.29, 0.717) is 29.8 Å². The fourth-order valence-corrected chi connectivity index (χ4v) is 3.98. The number of fused-ring (bicyclic) bond motifs is 4. The molecule has 3 heteroatoms. The summed E-state index contributed by atoms with van der Waals surface area (Å²) in [4.78, 5) is 14.2. The quantitative estimate of drug-likeness (QED) is 0.735. The van der Waals surface area contributed by atoms with Crippen molar-refractivity contribution in [3.8, 4) is 0 Å². The van der Waals surface area contributed by atoms with Gasteiger partial charge < -0.3 is 10.2 Å². The number of nitrogens with one attached hydrogen (secondary N) is 1. The van der Waals surface area contributed by atoms with E-state index >= 15 is 0 Å². The molecule has 4 atom stereocenters. The smallest absolute Gasteiger partial charge is 0.222 e. The first kappa shape index (κ1) is 11.3. The Bertz CT molecular complexity index is 328. The average molecular weight is 234 g/mol. The highest BCUT2D eigenvalue weighted by atomic mass is 16.2. The molecule has 0 unspecified atom stereocenters. The van der Waals surface area contributed by atoms with Gasteiger partial charge in [0.2, 0.25) is 5.91 Å². The molecule has 0 spiro atoms. The van der Waals surface area contributed by atoms with Gasteiger partial charge in [0, 0.05) is 31.6 Å². The number of carbonyl (C=O) groups excluding carboxylic acids is 1. The van der Waals surface area contributed by atoms with Crippen molar-refractivity contribution in [2.75, 3.05) is 13.1 Å². The first-order valence-corrected chi connectivity index (χ1v) is 6.93. The maximum Gasteiger partial charge on any atom is 0.222 e. The van der Waals surface area contributed by atoms with Crippen molar-refractivity contribution in [3.63, 3.8) is 0 Å². The van der Waals surface area contributed by atoms with E-state index in [2.05, 4.69) is 16.8 Å². The summed E-state index contributed by atoms with van der Waals surface area (Å²) in [6, 6.07) is 1.07. The Kier molecular flexibility index (Phi) is 2.95. The zero-order valence-corrected chi connectivity index (χ0v) is 10.4. The van der Waals surface area contributed by atoms with Gasteiger partial charge in [0.15, 0.2) is 0 Å². The molecule has 3 fully saturated rings. The van der Waals surface area contributed by atoms with E-state index in [-0.39, 0.29) is 0 Å². The van der Waals surface area contributed by atoms with Crippen LogP contribution in [0.2, 0.25) is 0 Å². The molecule has 17 heavy (non-hydrogen) atoms. The maximum atomic E-state index is 12.0. The number of carbonyl (C=O) groups is 1. The van der Waals surface area contributed by atoms with Crippen LogP contribution in [0, 0.1) is 11.8 Å². The van der Waals surface area contributed by atoms with Crippen LogP contribution in [0.25, 0.3) is 0 Å². The molecule has 0 saturated carbocycles. The van der Waals surface area contributed by atoms with Crippen LogP contribution in [-0.2, 0) is 4.79 Å². The van der Waals surface area contributed by atoms with E-state index in [0.717, 1.165) is 32.4 Å². The molecule has 3 aliphatic rings. The molecule has 0 aromatic heterocycles. The molecule has 0 aliphatic carbocycles. The van der Waals surface area contributed by atoms with Gasteiger partial charge in [-0.05, 0) is 37.5 Å². The Labute approximate surface area is 103 Å². The molecule has 1 N–H and O–H groups in total. The lowest BCUT2D eigenvalue weighted by Gasteiger charge is -2.52. The zero-order chi connectivity index (χ0) is 11.8. The summed E-state index contributed by atoms with van der Waals surface area (Å²) < 4.78 is 0. The largest absolute Gasteiger partial charge is 0.339 e. The first-order valence-electron chi connectivity index (χ1n) is 6.93. The Morgan fingerprint density at radius 2 is 2.35 bits per heavy atom. The van der Waals surface area contributed by atoms with Crippen molar-refractivity contribution >= 4 is 5.91 Å². The number of rotatable bonds is 2. The number of amides is 1. The van der Waals surface area contributed by atoms with Crippen LogP contribution in [0.15, 0.2) is 12.7 Å². The monoisotopic (exact) mass is 234 g/mol. The van der Waals surface area contributed by atoms with Crippen LogP contribution < -0.4 is 5.32 Å². The zero-order valence-electron chi connectivity index (χ0n) is 10.4. The van der Waals surface area contributed by atoms with E-state index in [9.17, 15) is 4.79 Å². The van der Waals surface area contributed by atoms with Gasteiger partial charge in [-0.2, -0.15) is 0 Å². The van der Waals surface area contributed by atoms with Crippen LogP contribution in [0.4, 0.5) is 0 Å². The van der Waals surface area contributed by atoms with Crippen LogP contribution >= 0.6 is 0 Å². The molecular weight excluding hydrogens is 212 g/mol. The Morgan fingerprint density at radius 3 is 3.18 bits per heavy atom. The molecule has 0 aromatic carbocycles. The Hall–Kier alpha value is -0.830. The predicted octanol–water partition coefficient (Wildman–Crippen LogP) is 1.55. The topological polar surface area (TPSA) is 32.3 Å². The molecule has 94 valence electrons. The number of piperidine rings is 3. The van der Waals surface area contributed by atoms with Crippen molar-refractivity contribution < 1.29 is 4.79 Å². The van der Waals surface area contributed by atoms with Gasteiger partial charge in [-0.1, -0.05) is 6.08 Å². The Balaban J connectivity index is 1.77. The third-order valence-electron chi connectivity index (χ3n) is 4.82. The summed E-state index contributed by atoms with van der Waals surface area (Å²) in [5.41, 5.74) is 0. The van der Waals surface area contributed by atoms with Crippen LogP contribution in [-0.4, -0.2) is 36.0 Å². The average Bonchev–Trinajstić information content (AvgIpc) is 2.34. The molecule has 3 heterocycles. The third kappa shape index (κ3) is 1.90. The highest BCUT2D eigenvalue weighted by molar-refractivity contribution is 5.77. The van der Waals surface area contributed by atoms with Gasteiger partial charge in [-0.25, -0.2) is 0 Å². The highest BCUT2D eigenvalue weighted by Crippen LogP contribution is 2.38. The fourth-order valence-electron chi connectivity index (χ4n) is 3.98. The molecule has 3 nitrogen and oxygen atoms in total. The van der Waals surface area contributed by atoms with Gasteiger partial charge >= 0.3 is 0 Å². The van der Waals surface area contributed by atoms with Gasteiger partial charge in [0.1, 0.15) is 0 Å². The van der Waals surface area contributed by atoms with E-state index in [1.165, 1.54) is 12.8 Å². The second kappa shape index (κ2) is 4.45. The van der Waals surface area contributed by atoms with Crippen molar-refractivity contribution in [1.29, 1.82) is 0 Å². The molecule has 2 bridgehead atoms.